The van der Waals surface area contributed by atoms with Crippen LogP contribution in [0.1, 0.15) is 71.6 Å². The monoisotopic (exact) mass is 623 g/mol. The number of rotatable bonds is 19. The maximum absolute atomic E-state index is 12.5. The number of nitrogens with one attached hydrogen (secondary N) is 1. The Morgan fingerprint density at radius 2 is 1.44 bits per heavy atom. The van der Waals surface area contributed by atoms with Gasteiger partial charge in [0.25, 0.3) is 0 Å². The first-order valence-electron chi connectivity index (χ1n) is 15.4. The van der Waals surface area contributed by atoms with Gasteiger partial charge in [0.05, 0.1) is 32.0 Å². The minimum atomic E-state index is -1.78. The number of allylic oxidation sites excluding steroid dienone is 1. The Labute approximate surface area is 253 Å². The van der Waals surface area contributed by atoms with E-state index in [-0.39, 0.29) is 18.9 Å². The zero-order valence-corrected chi connectivity index (χ0v) is 25.2. The van der Waals surface area contributed by atoms with E-state index in [1.165, 1.54) is 6.42 Å². The highest BCUT2D eigenvalue weighted by molar-refractivity contribution is 5.76. The largest absolute Gasteiger partial charge is 0.394 e. The summed E-state index contributed by atoms with van der Waals surface area (Å²) in [4.78, 5) is 12.5. The summed E-state index contributed by atoms with van der Waals surface area (Å²) in [6.45, 7) is 2.38. The minimum Gasteiger partial charge on any atom is -0.394 e. The molecular formula is C29H53NO13. The van der Waals surface area contributed by atoms with Crippen LogP contribution in [-0.4, -0.2) is 140 Å². The average Bonchev–Trinajstić information content (AvgIpc) is 3.00. The number of carbonyl (C=O) groups is 1. The maximum atomic E-state index is 12.5. The van der Waals surface area contributed by atoms with Crippen molar-refractivity contribution in [1.29, 1.82) is 0 Å². The van der Waals surface area contributed by atoms with E-state index in [2.05, 4.69) is 12.2 Å². The molecule has 0 aromatic rings. The molecule has 2 aliphatic rings. The Kier molecular flexibility index (Phi) is 17.6. The van der Waals surface area contributed by atoms with Crippen LogP contribution < -0.4 is 5.32 Å². The van der Waals surface area contributed by atoms with Gasteiger partial charge in [-0.2, -0.15) is 0 Å². The van der Waals surface area contributed by atoms with Crippen molar-refractivity contribution in [3.8, 4) is 0 Å². The lowest BCUT2D eigenvalue weighted by Gasteiger charge is -2.46. The number of unbranched alkanes of at least 4 members (excludes halogenated alkanes) is 6. The SMILES string of the molecule is CCCCCCC/C=C/C(O)C(COC1OC(CO)C(OC2OC(CO)C(O)C(O)C2O)C(O)C1O)NC(=O)CCCC. The summed E-state index contributed by atoms with van der Waals surface area (Å²) < 4.78 is 22.2. The average molecular weight is 624 g/mol. The molecule has 0 bridgehead atoms. The fourth-order valence-electron chi connectivity index (χ4n) is 4.97. The summed E-state index contributed by atoms with van der Waals surface area (Å²) in [6, 6.07) is -0.899. The minimum absolute atomic E-state index is 0.256. The molecule has 12 atom stereocenters. The van der Waals surface area contributed by atoms with Crippen LogP contribution in [0.2, 0.25) is 0 Å². The molecule has 14 nitrogen and oxygen atoms in total. The highest BCUT2D eigenvalue weighted by Gasteiger charge is 2.50. The van der Waals surface area contributed by atoms with Gasteiger partial charge in [-0.3, -0.25) is 4.79 Å². The lowest BCUT2D eigenvalue weighted by Crippen LogP contribution is -2.65. The van der Waals surface area contributed by atoms with E-state index in [1.54, 1.807) is 6.08 Å². The second kappa shape index (κ2) is 20.0. The highest BCUT2D eigenvalue weighted by Crippen LogP contribution is 2.29. The molecule has 14 heteroatoms. The van der Waals surface area contributed by atoms with E-state index >= 15 is 0 Å². The van der Waals surface area contributed by atoms with Gasteiger partial charge in [0.1, 0.15) is 48.8 Å². The molecule has 0 radical (unpaired) electrons. The fraction of sp³-hybridized carbons (Fsp3) is 0.897. The number of hydrogen-bond acceptors (Lipinski definition) is 13. The standard InChI is InChI=1S/C29H53NO13/c1-3-5-7-8-9-10-11-12-18(33)17(30-21(34)13-6-4-2)16-40-28-26(39)24(37)27(20(15-32)42-28)43-29-25(38)23(36)22(35)19(14-31)41-29/h11-12,17-20,22-29,31-33,35-39H,3-10,13-16H2,1-2H3,(H,30,34)/b12-11+. The van der Waals surface area contributed by atoms with Gasteiger partial charge >= 0.3 is 0 Å². The van der Waals surface area contributed by atoms with E-state index in [4.69, 9.17) is 18.9 Å². The van der Waals surface area contributed by atoms with Gasteiger partial charge < -0.3 is 65.1 Å². The molecule has 0 aromatic carbocycles. The zero-order valence-electron chi connectivity index (χ0n) is 25.2. The van der Waals surface area contributed by atoms with Gasteiger partial charge in [-0.25, -0.2) is 0 Å². The van der Waals surface area contributed by atoms with Crippen molar-refractivity contribution < 1.29 is 64.6 Å². The molecule has 0 spiro atoms. The number of aliphatic hydroxyl groups excluding tert-OH is 8. The van der Waals surface area contributed by atoms with Crippen LogP contribution >= 0.6 is 0 Å². The first kappa shape index (κ1) is 37.9. The molecule has 252 valence electrons. The predicted molar refractivity (Wildman–Crippen MR) is 152 cm³/mol. The number of hydrogen-bond donors (Lipinski definition) is 9. The van der Waals surface area contributed by atoms with Crippen LogP contribution in [0.4, 0.5) is 0 Å². The molecule has 43 heavy (non-hydrogen) atoms. The maximum Gasteiger partial charge on any atom is 0.220 e. The van der Waals surface area contributed by atoms with Crippen molar-refractivity contribution >= 4 is 5.91 Å². The summed E-state index contributed by atoms with van der Waals surface area (Å²) in [6.07, 6.45) is -5.45. The quantitative estimate of drug-likeness (QED) is 0.0595. The topological polar surface area (TPSA) is 228 Å². The lowest BCUT2D eigenvalue weighted by molar-refractivity contribution is -0.359. The fourth-order valence-corrected chi connectivity index (χ4v) is 4.97. The Hall–Kier alpha value is -1.27. The van der Waals surface area contributed by atoms with Gasteiger partial charge in [0.15, 0.2) is 12.6 Å². The third-order valence-electron chi connectivity index (χ3n) is 7.72. The Morgan fingerprint density at radius 3 is 2.09 bits per heavy atom. The lowest BCUT2D eigenvalue weighted by atomic mass is 9.97. The third kappa shape index (κ3) is 11.6. The summed E-state index contributed by atoms with van der Waals surface area (Å²) in [7, 11) is 0. The molecule has 1 amide bonds. The first-order valence-corrected chi connectivity index (χ1v) is 15.4. The van der Waals surface area contributed by atoms with Crippen molar-refractivity contribution in [1.82, 2.24) is 5.32 Å². The van der Waals surface area contributed by atoms with Crippen molar-refractivity contribution in [2.24, 2.45) is 0 Å². The molecule has 0 aromatic heterocycles. The summed E-state index contributed by atoms with van der Waals surface area (Å²) in [5.74, 6) is -0.283. The molecule has 2 fully saturated rings. The first-order chi connectivity index (χ1) is 20.6. The van der Waals surface area contributed by atoms with Gasteiger partial charge in [0, 0.05) is 6.42 Å². The van der Waals surface area contributed by atoms with Gasteiger partial charge in [0.2, 0.25) is 5.91 Å². The van der Waals surface area contributed by atoms with Crippen LogP contribution in [-0.2, 0) is 23.7 Å². The molecule has 0 aliphatic carbocycles. The van der Waals surface area contributed by atoms with E-state index in [0.29, 0.717) is 6.42 Å². The number of ether oxygens (including phenoxy) is 4. The van der Waals surface area contributed by atoms with Crippen molar-refractivity contribution in [3.63, 3.8) is 0 Å². The molecule has 2 saturated heterocycles. The van der Waals surface area contributed by atoms with Crippen molar-refractivity contribution in [2.45, 2.75) is 145 Å². The zero-order chi connectivity index (χ0) is 31.9. The van der Waals surface area contributed by atoms with Gasteiger partial charge in [-0.15, -0.1) is 0 Å². The normalized spacial score (nSPS) is 34.7. The summed E-state index contributed by atoms with van der Waals surface area (Å²) in [5, 5.41) is 84.8. The summed E-state index contributed by atoms with van der Waals surface area (Å²) >= 11 is 0. The molecular weight excluding hydrogens is 570 g/mol. The van der Waals surface area contributed by atoms with Crippen LogP contribution in [0.15, 0.2) is 12.2 Å². The Bertz CT molecular complexity index is 800. The molecule has 12 unspecified atom stereocenters. The van der Waals surface area contributed by atoms with Crippen LogP contribution in [0.5, 0.6) is 0 Å². The van der Waals surface area contributed by atoms with E-state index in [0.717, 1.165) is 38.5 Å². The second-order valence-corrected chi connectivity index (χ2v) is 11.2. The van der Waals surface area contributed by atoms with E-state index in [1.807, 2.05) is 13.0 Å². The highest BCUT2D eigenvalue weighted by atomic mass is 16.7. The van der Waals surface area contributed by atoms with Gasteiger partial charge in [-0.05, 0) is 19.3 Å². The molecule has 2 heterocycles. The second-order valence-electron chi connectivity index (χ2n) is 11.2. The van der Waals surface area contributed by atoms with E-state index in [9.17, 15) is 45.6 Å². The van der Waals surface area contributed by atoms with Gasteiger partial charge in [-0.1, -0.05) is 58.1 Å². The predicted octanol–water partition coefficient (Wildman–Crippen LogP) is -1.42. The molecule has 2 rings (SSSR count). The summed E-state index contributed by atoms with van der Waals surface area (Å²) in [5.41, 5.74) is 0. The van der Waals surface area contributed by atoms with Crippen LogP contribution in [0.3, 0.4) is 0 Å². The number of carbonyl (C=O) groups excluding carboxylic acids is 1. The Balaban J connectivity index is 2.04. The number of amides is 1. The Morgan fingerprint density at radius 1 is 0.814 bits per heavy atom. The van der Waals surface area contributed by atoms with Crippen LogP contribution in [0, 0.1) is 0 Å². The van der Waals surface area contributed by atoms with Crippen LogP contribution in [0.25, 0.3) is 0 Å². The van der Waals surface area contributed by atoms with Crippen molar-refractivity contribution in [2.75, 3.05) is 19.8 Å². The smallest absolute Gasteiger partial charge is 0.220 e. The molecule has 0 saturated carbocycles. The molecule has 2 aliphatic heterocycles. The van der Waals surface area contributed by atoms with E-state index < -0.39 is 86.8 Å². The number of aliphatic hydroxyl groups is 8. The van der Waals surface area contributed by atoms with Crippen molar-refractivity contribution in [3.05, 3.63) is 12.2 Å². The molecule has 9 N–H and O–H groups in total. The third-order valence-corrected chi connectivity index (χ3v) is 7.72.